The topological polar surface area (TPSA) is 49.4 Å². The highest BCUT2D eigenvalue weighted by molar-refractivity contribution is 7.89. The van der Waals surface area contributed by atoms with E-state index in [1.807, 2.05) is 36.4 Å². The van der Waals surface area contributed by atoms with Gasteiger partial charge in [-0.2, -0.15) is 4.31 Å². The third-order valence-electron chi connectivity index (χ3n) is 4.45. The molecule has 1 heterocycles. The van der Waals surface area contributed by atoms with E-state index in [1.165, 1.54) is 0 Å². The van der Waals surface area contributed by atoms with Crippen molar-refractivity contribution < 1.29 is 8.42 Å². The zero-order valence-corrected chi connectivity index (χ0v) is 15.7. The van der Waals surface area contributed by atoms with E-state index in [9.17, 15) is 8.42 Å². The predicted molar refractivity (Wildman–Crippen MR) is 101 cm³/mol. The summed E-state index contributed by atoms with van der Waals surface area (Å²) < 4.78 is 26.9. The minimum Gasteiger partial charge on any atom is -0.309 e. The molecule has 0 amide bonds. The van der Waals surface area contributed by atoms with Gasteiger partial charge < -0.3 is 5.32 Å². The molecule has 4 nitrogen and oxygen atoms in total. The van der Waals surface area contributed by atoms with Crippen LogP contribution in [0.1, 0.15) is 30.4 Å². The number of nitrogens with zero attached hydrogens (tertiary/aromatic N) is 1. The Hall–Kier alpha value is -1.40. The maximum Gasteiger partial charge on any atom is 0.243 e. The van der Waals surface area contributed by atoms with E-state index in [0.717, 1.165) is 42.0 Å². The molecule has 6 heteroatoms. The second-order valence-electron chi connectivity index (χ2n) is 6.34. The summed E-state index contributed by atoms with van der Waals surface area (Å²) in [6.07, 6.45) is 3.02. The molecule has 0 radical (unpaired) electrons. The first-order chi connectivity index (χ1) is 12.1. The molecule has 0 saturated carbocycles. The number of hydrogen-bond acceptors (Lipinski definition) is 3. The van der Waals surface area contributed by atoms with E-state index in [1.54, 1.807) is 16.4 Å². The molecule has 0 unspecified atom stereocenters. The molecule has 1 aliphatic heterocycles. The maximum atomic E-state index is 12.6. The quantitative estimate of drug-likeness (QED) is 0.831. The number of rotatable bonds is 6. The van der Waals surface area contributed by atoms with Gasteiger partial charge in [-0.25, -0.2) is 8.42 Å². The Morgan fingerprint density at radius 1 is 0.840 bits per heavy atom. The van der Waals surface area contributed by atoms with Crippen LogP contribution in [0.2, 0.25) is 5.02 Å². The van der Waals surface area contributed by atoms with Crippen LogP contribution in [0.15, 0.2) is 53.4 Å². The second-order valence-corrected chi connectivity index (χ2v) is 8.71. The highest BCUT2D eigenvalue weighted by atomic mass is 35.5. The molecule has 0 bridgehead atoms. The lowest BCUT2D eigenvalue weighted by Gasteiger charge is -2.25. The Balaban J connectivity index is 1.57. The fourth-order valence-corrected chi connectivity index (χ4v) is 4.63. The smallest absolute Gasteiger partial charge is 0.243 e. The van der Waals surface area contributed by atoms with Crippen LogP contribution in [0.5, 0.6) is 0 Å². The average Bonchev–Trinajstić information content (AvgIpc) is 2.64. The number of piperidine rings is 1. The molecule has 1 saturated heterocycles. The van der Waals surface area contributed by atoms with Crippen LogP contribution < -0.4 is 5.32 Å². The van der Waals surface area contributed by atoms with Gasteiger partial charge in [0, 0.05) is 31.2 Å². The van der Waals surface area contributed by atoms with E-state index < -0.39 is 10.0 Å². The van der Waals surface area contributed by atoms with Crippen molar-refractivity contribution in [2.24, 2.45) is 0 Å². The monoisotopic (exact) mass is 378 g/mol. The van der Waals surface area contributed by atoms with Crippen LogP contribution in [0.4, 0.5) is 0 Å². The van der Waals surface area contributed by atoms with Crippen LogP contribution in [-0.2, 0) is 23.1 Å². The Morgan fingerprint density at radius 3 is 1.92 bits per heavy atom. The highest BCUT2D eigenvalue weighted by Gasteiger charge is 2.25. The van der Waals surface area contributed by atoms with Gasteiger partial charge in [0.05, 0.1) is 4.90 Å². The molecule has 2 aromatic carbocycles. The molecule has 0 aliphatic carbocycles. The summed E-state index contributed by atoms with van der Waals surface area (Å²) in [5.74, 6) is 0. The summed E-state index contributed by atoms with van der Waals surface area (Å²) in [5, 5.41) is 4.09. The summed E-state index contributed by atoms with van der Waals surface area (Å²) in [5.41, 5.74) is 2.22. The molecular formula is C19H23ClN2O2S. The first-order valence-corrected chi connectivity index (χ1v) is 10.4. The Kier molecular flexibility index (Phi) is 6.12. The lowest BCUT2D eigenvalue weighted by Crippen LogP contribution is -2.35. The van der Waals surface area contributed by atoms with E-state index >= 15 is 0 Å². The summed E-state index contributed by atoms with van der Waals surface area (Å²) in [7, 11) is -3.35. The highest BCUT2D eigenvalue weighted by Crippen LogP contribution is 2.20. The minimum atomic E-state index is -3.35. The van der Waals surface area contributed by atoms with Crippen molar-refractivity contribution in [3.05, 3.63) is 64.7 Å². The average molecular weight is 379 g/mol. The van der Waals surface area contributed by atoms with Crippen molar-refractivity contribution >= 4 is 21.6 Å². The first kappa shape index (κ1) is 18.4. The van der Waals surface area contributed by atoms with Gasteiger partial charge in [-0.3, -0.25) is 0 Å². The fourth-order valence-electron chi connectivity index (χ4n) is 2.99. The third kappa shape index (κ3) is 4.82. The lowest BCUT2D eigenvalue weighted by atomic mass is 10.2. The van der Waals surface area contributed by atoms with Gasteiger partial charge >= 0.3 is 0 Å². The zero-order valence-electron chi connectivity index (χ0n) is 14.1. The largest absolute Gasteiger partial charge is 0.309 e. The van der Waals surface area contributed by atoms with Gasteiger partial charge in [0.25, 0.3) is 0 Å². The van der Waals surface area contributed by atoms with Crippen molar-refractivity contribution in [1.29, 1.82) is 0 Å². The third-order valence-corrected chi connectivity index (χ3v) is 6.61. The molecule has 25 heavy (non-hydrogen) atoms. The molecule has 134 valence electrons. The van der Waals surface area contributed by atoms with E-state index in [4.69, 9.17) is 11.6 Å². The van der Waals surface area contributed by atoms with Crippen LogP contribution in [0.25, 0.3) is 0 Å². The van der Waals surface area contributed by atoms with Gasteiger partial charge in [-0.05, 0) is 48.2 Å². The van der Waals surface area contributed by atoms with Crippen molar-refractivity contribution in [2.75, 3.05) is 13.1 Å². The summed E-state index contributed by atoms with van der Waals surface area (Å²) >= 11 is 5.88. The van der Waals surface area contributed by atoms with Crippen LogP contribution >= 0.6 is 11.6 Å². The maximum absolute atomic E-state index is 12.6. The normalized spacial score (nSPS) is 16.0. The SMILES string of the molecule is O=S(=O)(c1ccc(CNCc2ccc(Cl)cc2)cc1)N1CCCCC1. The summed E-state index contributed by atoms with van der Waals surface area (Å²) in [6, 6.07) is 14.9. The molecule has 0 atom stereocenters. The Morgan fingerprint density at radius 2 is 1.36 bits per heavy atom. The van der Waals surface area contributed by atoms with E-state index in [-0.39, 0.29) is 0 Å². The zero-order chi connectivity index (χ0) is 17.7. The molecule has 0 aromatic heterocycles. The van der Waals surface area contributed by atoms with Gasteiger partial charge in [0.2, 0.25) is 10.0 Å². The molecule has 1 aliphatic rings. The Labute approximate surface area is 154 Å². The summed E-state index contributed by atoms with van der Waals surface area (Å²) in [4.78, 5) is 0.385. The number of sulfonamides is 1. The predicted octanol–water partition coefficient (Wildman–Crippen LogP) is 3.80. The van der Waals surface area contributed by atoms with E-state index in [0.29, 0.717) is 24.5 Å². The van der Waals surface area contributed by atoms with Gasteiger partial charge in [0.15, 0.2) is 0 Å². The molecule has 3 rings (SSSR count). The van der Waals surface area contributed by atoms with E-state index in [2.05, 4.69) is 5.32 Å². The standard InChI is InChI=1S/C19H23ClN2O2S/c20-18-8-4-16(5-9-18)14-21-15-17-6-10-19(11-7-17)25(23,24)22-12-2-1-3-13-22/h4-11,21H,1-3,12-15H2. The number of hydrogen-bond donors (Lipinski definition) is 1. The lowest BCUT2D eigenvalue weighted by molar-refractivity contribution is 0.346. The van der Waals surface area contributed by atoms with Crippen LogP contribution in [0.3, 0.4) is 0 Å². The second kappa shape index (κ2) is 8.32. The minimum absolute atomic E-state index is 0.385. The summed E-state index contributed by atoms with van der Waals surface area (Å²) in [6.45, 7) is 2.69. The van der Waals surface area contributed by atoms with Crippen molar-refractivity contribution in [3.63, 3.8) is 0 Å². The van der Waals surface area contributed by atoms with Gasteiger partial charge in [-0.15, -0.1) is 0 Å². The van der Waals surface area contributed by atoms with Crippen LogP contribution in [0, 0.1) is 0 Å². The number of halogens is 1. The Bertz CT molecular complexity index is 783. The molecule has 0 spiro atoms. The van der Waals surface area contributed by atoms with Gasteiger partial charge in [0.1, 0.15) is 0 Å². The molecule has 2 aromatic rings. The van der Waals surface area contributed by atoms with Crippen molar-refractivity contribution in [1.82, 2.24) is 9.62 Å². The first-order valence-electron chi connectivity index (χ1n) is 8.60. The van der Waals surface area contributed by atoms with Crippen LogP contribution in [-0.4, -0.2) is 25.8 Å². The fraction of sp³-hybridized carbons (Fsp3) is 0.368. The van der Waals surface area contributed by atoms with Gasteiger partial charge in [-0.1, -0.05) is 42.3 Å². The number of nitrogens with one attached hydrogen (secondary N) is 1. The number of benzene rings is 2. The molecule has 1 N–H and O–H groups in total. The van der Waals surface area contributed by atoms with Crippen molar-refractivity contribution in [3.8, 4) is 0 Å². The molecular weight excluding hydrogens is 356 g/mol. The molecule has 1 fully saturated rings. The van der Waals surface area contributed by atoms with Crippen molar-refractivity contribution in [2.45, 2.75) is 37.2 Å².